The van der Waals surface area contributed by atoms with Crippen molar-refractivity contribution in [2.45, 2.75) is 36.6 Å². The summed E-state index contributed by atoms with van der Waals surface area (Å²) in [5.74, 6) is 0.918. The molecule has 1 fully saturated rings. The molecule has 0 saturated carbocycles. The molecule has 6 nitrogen and oxygen atoms in total. The zero-order valence-electron chi connectivity index (χ0n) is 12.8. The summed E-state index contributed by atoms with van der Waals surface area (Å²) in [6, 6.07) is 3.46. The quantitative estimate of drug-likeness (QED) is 0.892. The van der Waals surface area contributed by atoms with E-state index in [-0.39, 0.29) is 18.4 Å². The van der Waals surface area contributed by atoms with Crippen LogP contribution in [-0.4, -0.2) is 48.4 Å². The van der Waals surface area contributed by atoms with Crippen LogP contribution in [0.1, 0.15) is 24.8 Å². The number of aliphatic hydroxyl groups is 1. The summed E-state index contributed by atoms with van der Waals surface area (Å²) >= 11 is 0. The van der Waals surface area contributed by atoms with E-state index in [0.717, 1.165) is 48.1 Å². The fourth-order valence-corrected chi connectivity index (χ4v) is 5.30. The molecule has 122 valence electrons. The number of aromatic nitrogens is 2. The van der Waals surface area contributed by atoms with Crippen molar-refractivity contribution in [3.8, 4) is 0 Å². The number of sulfone groups is 1. The lowest BCUT2D eigenvalue weighted by Gasteiger charge is -2.36. The van der Waals surface area contributed by atoms with Gasteiger partial charge in [-0.15, -0.1) is 0 Å². The van der Waals surface area contributed by atoms with Crippen LogP contribution in [0.4, 0.5) is 5.82 Å². The van der Waals surface area contributed by atoms with Gasteiger partial charge in [-0.2, -0.15) is 0 Å². The Kier molecular flexibility index (Phi) is 3.50. The van der Waals surface area contributed by atoms with E-state index in [2.05, 4.69) is 14.9 Å². The molecule has 1 unspecified atom stereocenters. The Hall–Kier alpha value is -1.73. The van der Waals surface area contributed by atoms with Crippen molar-refractivity contribution >= 4 is 26.6 Å². The van der Waals surface area contributed by atoms with E-state index >= 15 is 0 Å². The van der Waals surface area contributed by atoms with Crippen LogP contribution in [-0.2, 0) is 16.3 Å². The van der Waals surface area contributed by atoms with Crippen molar-refractivity contribution in [2.24, 2.45) is 0 Å². The topological polar surface area (TPSA) is 83.4 Å². The first-order valence-electron chi connectivity index (χ1n) is 7.98. The zero-order chi connectivity index (χ0) is 16.0. The van der Waals surface area contributed by atoms with Gasteiger partial charge in [0, 0.05) is 11.9 Å². The van der Waals surface area contributed by atoms with Crippen molar-refractivity contribution in [2.75, 3.05) is 23.8 Å². The molecule has 1 saturated heterocycles. The monoisotopic (exact) mass is 333 g/mol. The third-order valence-electron chi connectivity index (χ3n) is 4.91. The maximum atomic E-state index is 12.2. The van der Waals surface area contributed by atoms with E-state index in [0.29, 0.717) is 11.3 Å². The molecule has 2 aliphatic rings. The zero-order valence-corrected chi connectivity index (χ0v) is 13.6. The van der Waals surface area contributed by atoms with Crippen molar-refractivity contribution in [3.63, 3.8) is 0 Å². The lowest BCUT2D eigenvalue weighted by atomic mass is 10.0. The van der Waals surface area contributed by atoms with E-state index in [1.54, 1.807) is 12.1 Å². The molecule has 1 atom stereocenters. The first kappa shape index (κ1) is 14.8. The average Bonchev–Trinajstić information content (AvgIpc) is 2.89. The number of benzene rings is 1. The van der Waals surface area contributed by atoms with Crippen molar-refractivity contribution in [1.82, 2.24) is 9.97 Å². The summed E-state index contributed by atoms with van der Waals surface area (Å²) in [7, 11) is -3.19. The lowest BCUT2D eigenvalue weighted by molar-refractivity contribution is 0.239. The minimum absolute atomic E-state index is 0.0377. The minimum Gasteiger partial charge on any atom is -0.394 e. The minimum atomic E-state index is -3.19. The first-order chi connectivity index (χ1) is 11.1. The predicted molar refractivity (Wildman–Crippen MR) is 87.4 cm³/mol. The molecule has 4 rings (SSSR count). The molecule has 0 bridgehead atoms. The second-order valence-corrected chi connectivity index (χ2v) is 8.31. The fraction of sp³-hybridized carbons (Fsp3) is 0.500. The van der Waals surface area contributed by atoms with Gasteiger partial charge < -0.3 is 10.0 Å². The van der Waals surface area contributed by atoms with Crippen LogP contribution in [0.5, 0.6) is 0 Å². The van der Waals surface area contributed by atoms with Crippen molar-refractivity contribution < 1.29 is 13.5 Å². The van der Waals surface area contributed by atoms with Gasteiger partial charge in [0.15, 0.2) is 9.84 Å². The molecule has 23 heavy (non-hydrogen) atoms. The van der Waals surface area contributed by atoms with Gasteiger partial charge in [0.2, 0.25) is 0 Å². The number of nitrogens with zero attached hydrogens (tertiary/aromatic N) is 3. The molecule has 1 N–H and O–H groups in total. The van der Waals surface area contributed by atoms with Gasteiger partial charge in [-0.05, 0) is 43.4 Å². The summed E-state index contributed by atoms with van der Waals surface area (Å²) in [4.78, 5) is 11.3. The molecule has 0 aliphatic carbocycles. The summed E-state index contributed by atoms with van der Waals surface area (Å²) in [6.07, 6.45) is 5.10. The maximum Gasteiger partial charge on any atom is 0.179 e. The normalized spacial score (nSPS) is 23.2. The van der Waals surface area contributed by atoms with Crippen LogP contribution in [0.3, 0.4) is 0 Å². The van der Waals surface area contributed by atoms with Gasteiger partial charge in [-0.1, -0.05) is 0 Å². The Morgan fingerprint density at radius 2 is 2.13 bits per heavy atom. The van der Waals surface area contributed by atoms with E-state index in [1.165, 1.54) is 6.33 Å². The Balaban J connectivity index is 1.96. The second-order valence-electron chi connectivity index (χ2n) is 6.23. The molecular weight excluding hydrogens is 314 g/mol. The SMILES string of the molecule is O=S1(=O)CCc2c1ccc1ncnc(N3CCCCC3CO)c21. The number of aliphatic hydroxyl groups excluding tert-OH is 1. The van der Waals surface area contributed by atoms with E-state index in [9.17, 15) is 13.5 Å². The number of aryl methyl sites for hydroxylation is 1. The molecule has 3 heterocycles. The van der Waals surface area contributed by atoms with E-state index < -0.39 is 9.84 Å². The molecule has 2 aliphatic heterocycles. The molecule has 2 aromatic rings. The van der Waals surface area contributed by atoms with Crippen molar-refractivity contribution in [1.29, 1.82) is 0 Å². The van der Waals surface area contributed by atoms with Crippen LogP contribution < -0.4 is 4.90 Å². The Bertz CT molecular complexity index is 866. The molecular formula is C16H19N3O3S. The molecule has 0 amide bonds. The Morgan fingerprint density at radius 1 is 1.26 bits per heavy atom. The van der Waals surface area contributed by atoms with Gasteiger partial charge in [-0.3, -0.25) is 0 Å². The standard InChI is InChI=1S/C16H19N3O3S/c20-9-11-3-1-2-7-19(11)16-15-12-6-8-23(21,22)14(12)5-4-13(15)17-10-18-16/h4-5,10-11,20H,1-3,6-9H2. The number of fused-ring (bicyclic) bond motifs is 3. The highest BCUT2D eigenvalue weighted by Gasteiger charge is 2.31. The summed E-state index contributed by atoms with van der Waals surface area (Å²) in [5.41, 5.74) is 1.61. The van der Waals surface area contributed by atoms with Gasteiger partial charge in [0.1, 0.15) is 12.1 Å². The van der Waals surface area contributed by atoms with Gasteiger partial charge in [0.25, 0.3) is 0 Å². The van der Waals surface area contributed by atoms with Crippen LogP contribution in [0, 0.1) is 0 Å². The molecule has 0 spiro atoms. The molecule has 1 aromatic heterocycles. The summed E-state index contributed by atoms with van der Waals surface area (Å²) in [6.45, 7) is 0.909. The average molecular weight is 333 g/mol. The maximum absolute atomic E-state index is 12.2. The van der Waals surface area contributed by atoms with Crippen LogP contribution >= 0.6 is 0 Å². The number of hydrogen-bond acceptors (Lipinski definition) is 6. The number of anilines is 1. The van der Waals surface area contributed by atoms with Crippen LogP contribution in [0.15, 0.2) is 23.4 Å². The van der Waals surface area contributed by atoms with Gasteiger partial charge >= 0.3 is 0 Å². The number of hydrogen-bond donors (Lipinski definition) is 1. The highest BCUT2D eigenvalue weighted by Crippen LogP contribution is 2.37. The molecule has 0 radical (unpaired) electrons. The number of piperidine rings is 1. The fourth-order valence-electron chi connectivity index (χ4n) is 3.76. The highest BCUT2D eigenvalue weighted by atomic mass is 32.2. The third-order valence-corrected chi connectivity index (χ3v) is 6.71. The Morgan fingerprint density at radius 3 is 2.96 bits per heavy atom. The highest BCUT2D eigenvalue weighted by molar-refractivity contribution is 7.91. The largest absolute Gasteiger partial charge is 0.394 e. The van der Waals surface area contributed by atoms with E-state index in [1.807, 2.05) is 0 Å². The van der Waals surface area contributed by atoms with Crippen molar-refractivity contribution in [3.05, 3.63) is 24.0 Å². The second kappa shape index (κ2) is 5.42. The molecule has 7 heteroatoms. The third kappa shape index (κ3) is 2.30. The van der Waals surface area contributed by atoms with Crippen LogP contribution in [0.25, 0.3) is 10.9 Å². The van der Waals surface area contributed by atoms with Gasteiger partial charge in [-0.25, -0.2) is 18.4 Å². The van der Waals surface area contributed by atoms with Gasteiger partial charge in [0.05, 0.1) is 28.8 Å². The summed E-state index contributed by atoms with van der Waals surface area (Å²) in [5, 5.41) is 10.5. The smallest absolute Gasteiger partial charge is 0.179 e. The lowest BCUT2D eigenvalue weighted by Crippen LogP contribution is -2.42. The Labute approximate surface area is 135 Å². The number of rotatable bonds is 2. The summed E-state index contributed by atoms with van der Waals surface area (Å²) < 4.78 is 24.4. The van der Waals surface area contributed by atoms with E-state index in [4.69, 9.17) is 0 Å². The first-order valence-corrected chi connectivity index (χ1v) is 9.64. The predicted octanol–water partition coefficient (Wildman–Crippen LogP) is 1.31. The van der Waals surface area contributed by atoms with Crippen LogP contribution in [0.2, 0.25) is 0 Å². The molecule has 1 aromatic carbocycles.